The number of anilines is 1. The summed E-state index contributed by atoms with van der Waals surface area (Å²) in [6.07, 6.45) is -4.69. The SMILES string of the molecule is CC[S+]([O-])c1c(C(F)(F)F)ccc(C(=O)Nc2nnnn2C)c1Br. The number of aromatic nitrogens is 4. The van der Waals surface area contributed by atoms with E-state index in [4.69, 9.17) is 0 Å². The van der Waals surface area contributed by atoms with Crippen molar-refractivity contribution in [1.29, 1.82) is 0 Å². The average Bonchev–Trinajstić information content (AvgIpc) is 2.90. The van der Waals surface area contributed by atoms with E-state index in [2.05, 4.69) is 36.8 Å². The Morgan fingerprint density at radius 1 is 1.46 bits per heavy atom. The molecule has 0 saturated heterocycles. The van der Waals surface area contributed by atoms with Crippen molar-refractivity contribution in [3.05, 3.63) is 27.7 Å². The second-order valence-electron chi connectivity index (χ2n) is 4.52. The predicted molar refractivity (Wildman–Crippen MR) is 82.8 cm³/mol. The number of benzene rings is 1. The number of carbonyl (C=O) groups excluding carboxylic acids is 1. The quantitative estimate of drug-likeness (QED) is 0.758. The van der Waals surface area contributed by atoms with Gasteiger partial charge in [-0.15, -0.1) is 0 Å². The standard InChI is InChI=1S/C12H11BrF3N5O2S/c1-3-24(23)9-7(12(14,15)16)5-4-6(8(9)13)10(22)17-11-18-19-20-21(11)2/h4-5H,3H2,1-2H3,(H,17,18,20,22). The highest BCUT2D eigenvalue weighted by molar-refractivity contribution is 9.10. The summed E-state index contributed by atoms with van der Waals surface area (Å²) < 4.78 is 52.5. The third-order valence-corrected chi connectivity index (χ3v) is 5.47. The van der Waals surface area contributed by atoms with Gasteiger partial charge in [-0.25, -0.2) is 4.68 Å². The Bertz CT molecular complexity index is 768. The Morgan fingerprint density at radius 2 is 2.12 bits per heavy atom. The average molecular weight is 426 g/mol. The van der Waals surface area contributed by atoms with E-state index >= 15 is 0 Å². The topological polar surface area (TPSA) is 95.8 Å². The molecular formula is C12H11BrF3N5O2S. The third kappa shape index (κ3) is 3.70. The van der Waals surface area contributed by atoms with Gasteiger partial charge in [-0.3, -0.25) is 10.1 Å². The maximum absolute atomic E-state index is 13.1. The van der Waals surface area contributed by atoms with Crippen LogP contribution in [0, 0.1) is 0 Å². The van der Waals surface area contributed by atoms with Gasteiger partial charge in [0.2, 0.25) is 5.95 Å². The van der Waals surface area contributed by atoms with E-state index in [0.717, 1.165) is 12.1 Å². The van der Waals surface area contributed by atoms with Gasteiger partial charge in [0.1, 0.15) is 11.3 Å². The minimum Gasteiger partial charge on any atom is -0.611 e. The molecule has 0 aliphatic carbocycles. The second-order valence-corrected chi connectivity index (χ2v) is 6.99. The van der Waals surface area contributed by atoms with Crippen molar-refractivity contribution >= 4 is 39.0 Å². The molecule has 0 saturated carbocycles. The van der Waals surface area contributed by atoms with Gasteiger partial charge in [-0.05, 0) is 56.6 Å². The van der Waals surface area contributed by atoms with Gasteiger partial charge in [0, 0.05) is 7.05 Å². The lowest BCUT2D eigenvalue weighted by molar-refractivity contribution is -0.139. The molecule has 12 heteroatoms. The summed E-state index contributed by atoms with van der Waals surface area (Å²) in [5, 5.41) is 12.8. The molecule has 1 amide bonds. The number of amides is 1. The van der Waals surface area contributed by atoms with Crippen molar-refractivity contribution in [2.45, 2.75) is 18.0 Å². The fourth-order valence-electron chi connectivity index (χ4n) is 1.83. The number of alkyl halides is 3. The molecule has 1 atom stereocenters. The summed E-state index contributed by atoms with van der Waals surface area (Å²) in [4.78, 5) is 11.8. The lowest BCUT2D eigenvalue weighted by Crippen LogP contribution is -2.20. The van der Waals surface area contributed by atoms with Crippen LogP contribution in [0.4, 0.5) is 19.1 Å². The normalized spacial score (nSPS) is 13.0. The molecule has 0 spiro atoms. The molecule has 24 heavy (non-hydrogen) atoms. The van der Waals surface area contributed by atoms with E-state index in [-0.39, 0.29) is 21.7 Å². The van der Waals surface area contributed by atoms with Crippen LogP contribution in [-0.4, -0.2) is 36.4 Å². The van der Waals surface area contributed by atoms with Crippen LogP contribution in [0.1, 0.15) is 22.8 Å². The molecule has 2 aromatic rings. The molecule has 0 aliphatic rings. The van der Waals surface area contributed by atoms with E-state index in [1.165, 1.54) is 18.7 Å². The van der Waals surface area contributed by atoms with E-state index in [9.17, 15) is 22.5 Å². The van der Waals surface area contributed by atoms with Crippen LogP contribution >= 0.6 is 15.9 Å². The number of hydrogen-bond acceptors (Lipinski definition) is 5. The monoisotopic (exact) mass is 425 g/mol. The molecule has 2 rings (SSSR count). The Hall–Kier alpha value is -1.66. The molecule has 1 N–H and O–H groups in total. The smallest absolute Gasteiger partial charge is 0.421 e. The number of nitrogens with one attached hydrogen (secondary N) is 1. The molecule has 0 aliphatic heterocycles. The highest BCUT2D eigenvalue weighted by Crippen LogP contribution is 2.39. The van der Waals surface area contributed by atoms with E-state index < -0.39 is 33.7 Å². The Morgan fingerprint density at radius 3 is 2.62 bits per heavy atom. The minimum atomic E-state index is -4.69. The van der Waals surface area contributed by atoms with E-state index in [1.54, 1.807) is 0 Å². The van der Waals surface area contributed by atoms with E-state index in [1.807, 2.05) is 0 Å². The first-order chi connectivity index (χ1) is 11.2. The molecule has 1 aromatic heterocycles. The maximum Gasteiger partial charge on any atom is 0.421 e. The Labute approximate surface area is 145 Å². The predicted octanol–water partition coefficient (Wildman–Crippen LogP) is 2.37. The summed E-state index contributed by atoms with van der Waals surface area (Å²) in [6.45, 7) is 1.49. The zero-order valence-corrected chi connectivity index (χ0v) is 14.8. The van der Waals surface area contributed by atoms with Gasteiger partial charge >= 0.3 is 6.18 Å². The lowest BCUT2D eigenvalue weighted by atomic mass is 10.1. The Balaban J connectivity index is 2.49. The first kappa shape index (κ1) is 18.7. The molecule has 7 nitrogen and oxygen atoms in total. The molecule has 0 fully saturated rings. The molecular weight excluding hydrogens is 415 g/mol. The number of aryl methyl sites for hydroxylation is 1. The maximum atomic E-state index is 13.1. The van der Waals surface area contributed by atoms with Crippen molar-refractivity contribution in [3.8, 4) is 0 Å². The van der Waals surface area contributed by atoms with Crippen LogP contribution < -0.4 is 5.32 Å². The highest BCUT2D eigenvalue weighted by atomic mass is 79.9. The molecule has 0 bridgehead atoms. The number of carbonyl (C=O) groups is 1. The summed E-state index contributed by atoms with van der Waals surface area (Å²) >= 11 is 1.05. The van der Waals surface area contributed by atoms with Crippen LogP contribution in [-0.2, 0) is 24.4 Å². The van der Waals surface area contributed by atoms with Gasteiger partial charge in [0.25, 0.3) is 5.91 Å². The van der Waals surface area contributed by atoms with Crippen LogP contribution in [0.2, 0.25) is 0 Å². The summed E-state index contributed by atoms with van der Waals surface area (Å²) in [6, 6.07) is 1.74. The second kappa shape index (κ2) is 7.07. The fourth-order valence-corrected chi connectivity index (χ4v) is 3.92. The number of halogens is 4. The van der Waals surface area contributed by atoms with E-state index in [0.29, 0.717) is 0 Å². The van der Waals surface area contributed by atoms with Gasteiger partial charge in [-0.2, -0.15) is 13.2 Å². The van der Waals surface area contributed by atoms with Gasteiger partial charge < -0.3 is 4.55 Å². The number of hydrogen-bond donors (Lipinski definition) is 1. The first-order valence-corrected chi connectivity index (χ1v) is 8.59. The zero-order chi connectivity index (χ0) is 18.1. The van der Waals surface area contributed by atoms with Crippen LogP contribution in [0.15, 0.2) is 21.5 Å². The zero-order valence-electron chi connectivity index (χ0n) is 12.4. The summed E-state index contributed by atoms with van der Waals surface area (Å²) in [5.74, 6) is -0.743. The largest absolute Gasteiger partial charge is 0.611 e. The van der Waals surface area contributed by atoms with Gasteiger partial charge in [-0.1, -0.05) is 5.10 Å². The highest BCUT2D eigenvalue weighted by Gasteiger charge is 2.39. The summed E-state index contributed by atoms with van der Waals surface area (Å²) in [7, 11) is 1.48. The first-order valence-electron chi connectivity index (χ1n) is 6.48. The van der Waals surface area contributed by atoms with Gasteiger partial charge in [0.05, 0.1) is 10.0 Å². The Kier molecular flexibility index (Phi) is 5.50. The van der Waals surface area contributed by atoms with Gasteiger partial charge in [0.15, 0.2) is 4.90 Å². The molecule has 1 heterocycles. The molecule has 1 unspecified atom stereocenters. The number of rotatable bonds is 4. The lowest BCUT2D eigenvalue weighted by Gasteiger charge is -2.18. The van der Waals surface area contributed by atoms with Crippen LogP contribution in [0.5, 0.6) is 0 Å². The molecule has 1 aromatic carbocycles. The van der Waals surface area contributed by atoms with Crippen molar-refractivity contribution < 1.29 is 22.5 Å². The fraction of sp³-hybridized carbons (Fsp3) is 0.333. The number of nitrogens with zero attached hydrogens (tertiary/aromatic N) is 4. The third-order valence-electron chi connectivity index (χ3n) is 2.98. The minimum absolute atomic E-state index is 0.0185. The van der Waals surface area contributed by atoms with Crippen molar-refractivity contribution in [3.63, 3.8) is 0 Å². The number of tetrazole rings is 1. The molecule has 130 valence electrons. The molecule has 0 radical (unpaired) electrons. The summed E-state index contributed by atoms with van der Waals surface area (Å²) in [5.41, 5.74) is -1.16. The van der Waals surface area contributed by atoms with Crippen molar-refractivity contribution in [2.24, 2.45) is 7.05 Å². The van der Waals surface area contributed by atoms with Crippen LogP contribution in [0.3, 0.4) is 0 Å². The van der Waals surface area contributed by atoms with Crippen LogP contribution in [0.25, 0.3) is 0 Å². The van der Waals surface area contributed by atoms with Crippen molar-refractivity contribution in [1.82, 2.24) is 20.2 Å². The van der Waals surface area contributed by atoms with Crippen molar-refractivity contribution in [2.75, 3.05) is 11.1 Å².